The van der Waals surface area contributed by atoms with Crippen LogP contribution in [0.1, 0.15) is 32.3 Å². The van der Waals surface area contributed by atoms with Crippen LogP contribution in [0.5, 0.6) is 5.75 Å². The lowest BCUT2D eigenvalue weighted by Gasteiger charge is -2.63. The van der Waals surface area contributed by atoms with Gasteiger partial charge in [0.2, 0.25) is 5.60 Å². The first-order valence-electron chi connectivity index (χ1n) is 11.6. The van der Waals surface area contributed by atoms with Gasteiger partial charge < -0.3 is 24.2 Å². The number of hydrogen-bond acceptors (Lipinski definition) is 8. The highest BCUT2D eigenvalue weighted by molar-refractivity contribution is 9.10. The normalized spacial score (nSPS) is 37.6. The van der Waals surface area contributed by atoms with Crippen molar-refractivity contribution in [2.24, 2.45) is 5.41 Å². The molecule has 184 valence electrons. The highest BCUT2D eigenvalue weighted by Crippen LogP contribution is 2.67. The molecule has 0 unspecified atom stereocenters. The van der Waals surface area contributed by atoms with E-state index in [9.17, 15) is 14.7 Å². The lowest BCUT2D eigenvalue weighted by atomic mass is 9.47. The van der Waals surface area contributed by atoms with Gasteiger partial charge in [0.05, 0.1) is 24.7 Å². The summed E-state index contributed by atoms with van der Waals surface area (Å²) in [6.07, 6.45) is 4.34. The molecule has 6 atom stereocenters. The molecule has 3 heterocycles. The van der Waals surface area contributed by atoms with Gasteiger partial charge in [-0.15, -0.1) is 0 Å². The summed E-state index contributed by atoms with van der Waals surface area (Å²) >= 11 is 3.65. The fourth-order valence-corrected chi connectivity index (χ4v) is 8.22. The zero-order valence-electron chi connectivity index (χ0n) is 20.1. The second kappa shape index (κ2) is 7.70. The Balaban J connectivity index is 1.88. The Morgan fingerprint density at radius 2 is 2.00 bits per heavy atom. The van der Waals surface area contributed by atoms with E-state index in [1.807, 2.05) is 24.9 Å². The van der Waals surface area contributed by atoms with E-state index < -0.39 is 40.5 Å². The molecule has 4 aliphatic rings. The summed E-state index contributed by atoms with van der Waals surface area (Å²) < 4.78 is 17.5. The highest BCUT2D eigenvalue weighted by Gasteiger charge is 2.80. The van der Waals surface area contributed by atoms with Gasteiger partial charge in [-0.2, -0.15) is 0 Å². The second-order valence-electron chi connectivity index (χ2n) is 9.88. The minimum Gasteiger partial charge on any atom is -0.495 e. The Morgan fingerprint density at radius 3 is 2.62 bits per heavy atom. The summed E-state index contributed by atoms with van der Waals surface area (Å²) in [6.45, 7) is 4.91. The fraction of sp³-hybridized carbons (Fsp3) is 0.600. The number of aliphatic hydroxyl groups is 1. The van der Waals surface area contributed by atoms with Crippen molar-refractivity contribution in [2.75, 3.05) is 39.3 Å². The van der Waals surface area contributed by atoms with Crippen molar-refractivity contribution in [3.05, 3.63) is 34.3 Å². The molecule has 0 amide bonds. The molecule has 34 heavy (non-hydrogen) atoms. The van der Waals surface area contributed by atoms with Crippen molar-refractivity contribution < 1.29 is 28.9 Å². The molecule has 1 saturated heterocycles. The van der Waals surface area contributed by atoms with Crippen LogP contribution >= 0.6 is 15.9 Å². The predicted molar refractivity (Wildman–Crippen MR) is 129 cm³/mol. The third kappa shape index (κ3) is 2.61. The van der Waals surface area contributed by atoms with Gasteiger partial charge in [-0.05, 0) is 46.9 Å². The van der Waals surface area contributed by atoms with E-state index in [1.165, 1.54) is 14.0 Å². The van der Waals surface area contributed by atoms with E-state index in [2.05, 4.69) is 39.0 Å². The standard InChI is InChI=1S/C25H31BrN2O6/c1-6-23-8-7-10-28-11-9-24(19(23)28)15-12-16(26)18(32-4)13-17(15)27(3)20(24)25(31,22(30)33-5)21(23)34-14(2)29/h7-8,12-13,19-21,31H,6,9-11H2,1-5H3/t19-,20-,21+,23-,24+,25+/m0/s1. The number of halogens is 1. The maximum atomic E-state index is 13.6. The number of carbonyl (C=O) groups excluding carboxylic acids is 2. The van der Waals surface area contributed by atoms with Crippen LogP contribution in [-0.2, 0) is 24.5 Å². The first-order valence-corrected chi connectivity index (χ1v) is 12.4. The fourth-order valence-electron chi connectivity index (χ4n) is 7.71. The van der Waals surface area contributed by atoms with Gasteiger partial charge in [-0.1, -0.05) is 19.1 Å². The summed E-state index contributed by atoms with van der Waals surface area (Å²) in [6, 6.07) is 3.22. The lowest BCUT2D eigenvalue weighted by molar-refractivity contribution is -0.228. The van der Waals surface area contributed by atoms with E-state index in [1.54, 1.807) is 7.11 Å². The van der Waals surface area contributed by atoms with Crippen LogP contribution in [-0.4, -0.2) is 80.1 Å². The molecular weight excluding hydrogens is 504 g/mol. The zero-order chi connectivity index (χ0) is 24.6. The summed E-state index contributed by atoms with van der Waals surface area (Å²) in [5.41, 5.74) is -1.54. The minimum absolute atomic E-state index is 0.0849. The topological polar surface area (TPSA) is 88.5 Å². The second-order valence-corrected chi connectivity index (χ2v) is 10.7. The Kier molecular flexibility index (Phi) is 5.35. The van der Waals surface area contributed by atoms with Crippen molar-refractivity contribution in [3.63, 3.8) is 0 Å². The van der Waals surface area contributed by atoms with Gasteiger partial charge >= 0.3 is 11.9 Å². The molecule has 8 nitrogen and oxygen atoms in total. The van der Waals surface area contributed by atoms with E-state index in [-0.39, 0.29) is 6.04 Å². The van der Waals surface area contributed by atoms with Crippen LogP contribution in [0, 0.1) is 5.41 Å². The summed E-state index contributed by atoms with van der Waals surface area (Å²) in [5.74, 6) is -0.671. The van der Waals surface area contributed by atoms with Gasteiger partial charge in [-0.3, -0.25) is 9.69 Å². The number of esters is 2. The van der Waals surface area contributed by atoms with Crippen LogP contribution in [0.3, 0.4) is 0 Å². The predicted octanol–water partition coefficient (Wildman–Crippen LogP) is 2.40. The molecule has 1 saturated carbocycles. The summed E-state index contributed by atoms with van der Waals surface area (Å²) in [7, 11) is 4.76. The monoisotopic (exact) mass is 534 g/mol. The van der Waals surface area contributed by atoms with Crippen molar-refractivity contribution in [1.29, 1.82) is 0 Å². The number of benzene rings is 1. The quantitative estimate of drug-likeness (QED) is 0.465. The van der Waals surface area contributed by atoms with E-state index >= 15 is 0 Å². The zero-order valence-corrected chi connectivity index (χ0v) is 21.7. The van der Waals surface area contributed by atoms with Gasteiger partial charge in [0.15, 0.2) is 6.10 Å². The smallest absolute Gasteiger partial charge is 0.344 e. The average molecular weight is 535 g/mol. The number of rotatable bonds is 4. The average Bonchev–Trinajstić information content (AvgIpc) is 3.32. The Bertz CT molecular complexity index is 1090. The molecule has 1 aliphatic carbocycles. The Labute approximate surface area is 207 Å². The first kappa shape index (κ1) is 23.6. The molecule has 9 heteroatoms. The Morgan fingerprint density at radius 1 is 1.26 bits per heavy atom. The molecule has 0 bridgehead atoms. The molecular formula is C25H31BrN2O6. The van der Waals surface area contributed by atoms with Crippen molar-refractivity contribution in [3.8, 4) is 5.75 Å². The third-order valence-corrected chi connectivity index (χ3v) is 9.30. The van der Waals surface area contributed by atoms with Gasteiger partial charge in [0.25, 0.3) is 0 Å². The van der Waals surface area contributed by atoms with Crippen LogP contribution in [0.4, 0.5) is 5.69 Å². The number of likely N-dealkylation sites (N-methyl/N-ethyl adjacent to an activating group) is 1. The van der Waals surface area contributed by atoms with E-state index in [4.69, 9.17) is 14.2 Å². The van der Waals surface area contributed by atoms with Crippen molar-refractivity contribution in [1.82, 2.24) is 4.90 Å². The Hall–Kier alpha value is -2.10. The van der Waals surface area contributed by atoms with Crippen molar-refractivity contribution >= 4 is 33.6 Å². The van der Waals surface area contributed by atoms with Gasteiger partial charge in [0.1, 0.15) is 5.75 Å². The minimum atomic E-state index is -2.10. The van der Waals surface area contributed by atoms with Crippen LogP contribution in [0.15, 0.2) is 28.8 Å². The number of hydrogen-bond donors (Lipinski definition) is 1. The van der Waals surface area contributed by atoms with Gasteiger partial charge in [0, 0.05) is 49.1 Å². The number of ether oxygens (including phenoxy) is 3. The lowest BCUT2D eigenvalue weighted by Crippen LogP contribution is -2.81. The molecule has 1 N–H and O–H groups in total. The SMILES string of the molecule is CC[C@@]12C=CCN3CC[C@@]4(c5cc(Br)c(OC)cc5N(C)[C@@H]4[C@](O)(C(=O)OC)[C@@H]1OC(C)=O)[C@@H]32. The van der Waals surface area contributed by atoms with Crippen LogP contribution in [0.25, 0.3) is 0 Å². The van der Waals surface area contributed by atoms with E-state index in [0.29, 0.717) is 12.2 Å². The van der Waals surface area contributed by atoms with Crippen molar-refractivity contribution in [2.45, 2.75) is 55.9 Å². The summed E-state index contributed by atoms with van der Waals surface area (Å²) in [5, 5.41) is 12.5. The highest BCUT2D eigenvalue weighted by atomic mass is 79.9. The largest absolute Gasteiger partial charge is 0.495 e. The van der Waals surface area contributed by atoms with Crippen LogP contribution in [0.2, 0.25) is 0 Å². The molecule has 2 fully saturated rings. The molecule has 5 rings (SSSR count). The number of anilines is 1. The number of carbonyl (C=O) groups is 2. The number of methoxy groups -OCH3 is 2. The molecule has 0 radical (unpaired) electrons. The van der Waals surface area contributed by atoms with Gasteiger partial charge in [-0.25, -0.2) is 4.79 Å². The number of fused-ring (bicyclic) bond motifs is 1. The molecule has 0 aromatic heterocycles. The summed E-state index contributed by atoms with van der Waals surface area (Å²) in [4.78, 5) is 30.3. The van der Waals surface area contributed by atoms with Crippen LogP contribution < -0.4 is 9.64 Å². The van der Waals surface area contributed by atoms with E-state index in [0.717, 1.165) is 35.2 Å². The molecule has 1 aromatic carbocycles. The molecule has 3 aliphatic heterocycles. The molecule has 1 aromatic rings. The number of nitrogens with zero attached hydrogens (tertiary/aromatic N) is 2. The maximum absolute atomic E-state index is 13.6. The maximum Gasteiger partial charge on any atom is 0.344 e. The first-order chi connectivity index (χ1) is 16.1. The third-order valence-electron chi connectivity index (χ3n) is 8.68. The molecule has 1 spiro atoms.